The summed E-state index contributed by atoms with van der Waals surface area (Å²) in [4.78, 5) is 11.6. The summed E-state index contributed by atoms with van der Waals surface area (Å²) >= 11 is 5.91. The smallest absolute Gasteiger partial charge is 0.211 e. The molecule has 0 saturated carbocycles. The van der Waals surface area contributed by atoms with Gasteiger partial charge in [0, 0.05) is 16.8 Å². The third kappa shape index (κ3) is 2.26. The van der Waals surface area contributed by atoms with Crippen LogP contribution in [0.4, 0.5) is 0 Å². The second-order valence-electron chi connectivity index (χ2n) is 3.80. The molecule has 0 unspecified atom stereocenters. The van der Waals surface area contributed by atoms with E-state index in [-0.39, 0.29) is 17.0 Å². The molecular formula is C12H11ClN4O. The maximum atomic E-state index is 11.6. The lowest BCUT2D eigenvalue weighted by atomic mass is 10.2. The minimum absolute atomic E-state index is 0.0689. The van der Waals surface area contributed by atoms with Crippen molar-refractivity contribution in [1.29, 1.82) is 5.41 Å². The van der Waals surface area contributed by atoms with Crippen molar-refractivity contribution in [2.24, 2.45) is 5.73 Å². The molecule has 0 aliphatic rings. The number of benzene rings is 1. The molecule has 0 fully saturated rings. The van der Waals surface area contributed by atoms with E-state index < -0.39 is 0 Å². The number of aryl methyl sites for hydroxylation is 1. The minimum atomic E-state index is -0.363. The summed E-state index contributed by atoms with van der Waals surface area (Å²) in [5.41, 5.74) is 6.25. The Balaban J connectivity index is 2.68. The highest BCUT2D eigenvalue weighted by atomic mass is 35.5. The van der Waals surface area contributed by atoms with Crippen molar-refractivity contribution in [2.45, 2.75) is 6.92 Å². The van der Waals surface area contributed by atoms with Crippen LogP contribution in [0.3, 0.4) is 0 Å². The molecule has 92 valence electrons. The van der Waals surface area contributed by atoms with E-state index in [1.807, 2.05) is 0 Å². The van der Waals surface area contributed by atoms with Gasteiger partial charge < -0.3 is 5.73 Å². The summed E-state index contributed by atoms with van der Waals surface area (Å²) < 4.78 is 1.53. The standard InChI is InChI=1S/C12H11ClN4O/c1-7-5-10(18)11(12(14)15)16-17(7)9-4-2-3-8(13)6-9/h2-6H,1H3,(H3,14,15). The number of nitrogen functional groups attached to an aromatic ring is 1. The highest BCUT2D eigenvalue weighted by Gasteiger charge is 2.09. The summed E-state index contributed by atoms with van der Waals surface area (Å²) in [5, 5.41) is 12.0. The summed E-state index contributed by atoms with van der Waals surface area (Å²) in [6.07, 6.45) is 0. The first-order chi connectivity index (χ1) is 8.49. The van der Waals surface area contributed by atoms with Crippen LogP contribution in [-0.2, 0) is 0 Å². The number of aromatic nitrogens is 2. The van der Waals surface area contributed by atoms with E-state index in [4.69, 9.17) is 22.7 Å². The average molecular weight is 263 g/mol. The first-order valence-electron chi connectivity index (χ1n) is 5.20. The molecule has 6 heteroatoms. The Morgan fingerprint density at radius 1 is 1.44 bits per heavy atom. The number of nitrogens with two attached hydrogens (primary N) is 1. The Morgan fingerprint density at radius 3 is 2.78 bits per heavy atom. The second-order valence-corrected chi connectivity index (χ2v) is 4.24. The lowest BCUT2D eigenvalue weighted by molar-refractivity contribution is 0.792. The minimum Gasteiger partial charge on any atom is -0.382 e. The van der Waals surface area contributed by atoms with Crippen LogP contribution in [0.5, 0.6) is 0 Å². The van der Waals surface area contributed by atoms with Gasteiger partial charge >= 0.3 is 0 Å². The lowest BCUT2D eigenvalue weighted by Gasteiger charge is -2.10. The molecule has 0 aliphatic carbocycles. The number of rotatable bonds is 2. The molecule has 2 rings (SSSR count). The van der Waals surface area contributed by atoms with Crippen LogP contribution in [0.1, 0.15) is 11.4 Å². The van der Waals surface area contributed by atoms with Crippen LogP contribution in [0.2, 0.25) is 5.02 Å². The summed E-state index contributed by atoms with van der Waals surface area (Å²) in [5.74, 6) is -0.351. The molecule has 0 aliphatic heterocycles. The predicted octanol–water partition coefficient (Wildman–Crippen LogP) is 1.48. The van der Waals surface area contributed by atoms with Crippen molar-refractivity contribution in [2.75, 3.05) is 0 Å². The SMILES string of the molecule is Cc1cc(=O)c(C(=N)N)nn1-c1cccc(Cl)c1. The van der Waals surface area contributed by atoms with Crippen LogP contribution in [0.15, 0.2) is 35.1 Å². The third-order valence-electron chi connectivity index (χ3n) is 2.42. The maximum Gasteiger partial charge on any atom is 0.211 e. The van der Waals surface area contributed by atoms with Gasteiger partial charge in [-0.05, 0) is 25.1 Å². The van der Waals surface area contributed by atoms with Gasteiger partial charge in [0.05, 0.1) is 5.69 Å². The van der Waals surface area contributed by atoms with Gasteiger partial charge in [-0.1, -0.05) is 17.7 Å². The Kier molecular flexibility index (Phi) is 3.16. The van der Waals surface area contributed by atoms with Gasteiger partial charge in [0.1, 0.15) is 5.84 Å². The van der Waals surface area contributed by atoms with Crippen LogP contribution < -0.4 is 11.2 Å². The molecule has 1 aromatic heterocycles. The first kappa shape index (κ1) is 12.3. The number of nitrogens with one attached hydrogen (secondary N) is 1. The molecule has 0 atom stereocenters. The molecule has 1 heterocycles. The molecule has 0 radical (unpaired) electrons. The number of hydrogen-bond acceptors (Lipinski definition) is 3. The fourth-order valence-corrected chi connectivity index (χ4v) is 1.79. The second kappa shape index (κ2) is 4.62. The quantitative estimate of drug-likeness (QED) is 0.635. The third-order valence-corrected chi connectivity index (χ3v) is 2.65. The number of halogens is 1. The van der Waals surface area contributed by atoms with E-state index in [1.54, 1.807) is 31.2 Å². The predicted molar refractivity (Wildman–Crippen MR) is 70.6 cm³/mol. The maximum absolute atomic E-state index is 11.6. The highest BCUT2D eigenvalue weighted by Crippen LogP contribution is 2.14. The molecular weight excluding hydrogens is 252 g/mol. The summed E-state index contributed by atoms with van der Waals surface area (Å²) in [7, 11) is 0. The molecule has 18 heavy (non-hydrogen) atoms. The Morgan fingerprint density at radius 2 is 2.17 bits per heavy atom. The molecule has 0 spiro atoms. The Bertz CT molecular complexity index is 678. The molecule has 3 N–H and O–H groups in total. The van der Waals surface area contributed by atoms with Gasteiger partial charge in [0.25, 0.3) is 0 Å². The van der Waals surface area contributed by atoms with Gasteiger partial charge in [0.2, 0.25) is 5.43 Å². The fraction of sp³-hybridized carbons (Fsp3) is 0.0833. The Labute approximate surface area is 108 Å². The van der Waals surface area contributed by atoms with E-state index in [0.717, 1.165) is 0 Å². The zero-order valence-corrected chi connectivity index (χ0v) is 10.4. The van der Waals surface area contributed by atoms with Crippen molar-refractivity contribution in [3.63, 3.8) is 0 Å². The Hall–Kier alpha value is -2.14. The van der Waals surface area contributed by atoms with Crippen molar-refractivity contribution in [3.8, 4) is 5.69 Å². The lowest BCUT2D eigenvalue weighted by Crippen LogP contribution is -2.27. The highest BCUT2D eigenvalue weighted by molar-refractivity contribution is 6.30. The van der Waals surface area contributed by atoms with Crippen LogP contribution in [-0.4, -0.2) is 15.6 Å². The monoisotopic (exact) mass is 262 g/mol. The molecule has 5 nitrogen and oxygen atoms in total. The van der Waals surface area contributed by atoms with Crippen molar-refractivity contribution >= 4 is 17.4 Å². The number of amidine groups is 1. The molecule has 0 saturated heterocycles. The van der Waals surface area contributed by atoms with Gasteiger partial charge in [0.15, 0.2) is 5.69 Å². The summed E-state index contributed by atoms with van der Waals surface area (Å²) in [6, 6.07) is 8.44. The zero-order valence-electron chi connectivity index (χ0n) is 9.64. The molecule has 0 bridgehead atoms. The van der Waals surface area contributed by atoms with Gasteiger partial charge in [-0.15, -0.1) is 0 Å². The van der Waals surface area contributed by atoms with E-state index in [9.17, 15) is 4.79 Å². The number of nitrogens with zero attached hydrogens (tertiary/aromatic N) is 2. The van der Waals surface area contributed by atoms with E-state index in [1.165, 1.54) is 10.7 Å². The number of hydrogen-bond donors (Lipinski definition) is 2. The fourth-order valence-electron chi connectivity index (χ4n) is 1.60. The molecule has 0 amide bonds. The van der Waals surface area contributed by atoms with E-state index in [2.05, 4.69) is 5.10 Å². The normalized spacial score (nSPS) is 10.3. The van der Waals surface area contributed by atoms with Gasteiger partial charge in [-0.2, -0.15) is 5.10 Å². The zero-order chi connectivity index (χ0) is 13.3. The van der Waals surface area contributed by atoms with Crippen LogP contribution in [0, 0.1) is 12.3 Å². The van der Waals surface area contributed by atoms with E-state index in [0.29, 0.717) is 16.4 Å². The van der Waals surface area contributed by atoms with Crippen molar-refractivity contribution in [3.05, 3.63) is 57.0 Å². The van der Waals surface area contributed by atoms with E-state index >= 15 is 0 Å². The largest absolute Gasteiger partial charge is 0.382 e. The van der Waals surface area contributed by atoms with Crippen molar-refractivity contribution in [1.82, 2.24) is 9.78 Å². The van der Waals surface area contributed by atoms with Crippen LogP contribution in [0.25, 0.3) is 5.69 Å². The molecule has 1 aromatic carbocycles. The topological polar surface area (TPSA) is 84.8 Å². The van der Waals surface area contributed by atoms with Crippen molar-refractivity contribution < 1.29 is 0 Å². The molecule has 2 aromatic rings. The average Bonchev–Trinajstić information content (AvgIpc) is 2.28. The van der Waals surface area contributed by atoms with Crippen LogP contribution >= 0.6 is 11.6 Å². The first-order valence-corrected chi connectivity index (χ1v) is 5.58. The summed E-state index contributed by atoms with van der Waals surface area (Å²) in [6.45, 7) is 1.75. The van der Waals surface area contributed by atoms with Gasteiger partial charge in [-0.3, -0.25) is 10.2 Å². The van der Waals surface area contributed by atoms with Gasteiger partial charge in [-0.25, -0.2) is 4.68 Å².